The van der Waals surface area contributed by atoms with Crippen molar-refractivity contribution in [2.24, 2.45) is 0 Å². The van der Waals surface area contributed by atoms with Crippen molar-refractivity contribution < 1.29 is 12.8 Å². The highest BCUT2D eigenvalue weighted by Crippen LogP contribution is 2.33. The molecule has 0 saturated carbocycles. The minimum Gasteiger partial charge on any atom is -0.335 e. The first-order valence-corrected chi connectivity index (χ1v) is 13.9. The van der Waals surface area contributed by atoms with Crippen LogP contribution in [0.25, 0.3) is 56.0 Å². The zero-order chi connectivity index (χ0) is 26.4. The number of aryl methyl sites for hydroxylation is 2. The Morgan fingerprint density at radius 2 is 1.87 bits per heavy atom. The lowest BCUT2D eigenvalue weighted by Crippen LogP contribution is -2.06. The Balaban J connectivity index is 1.44. The number of benzene rings is 1. The number of sulfone groups is 1. The Bertz CT molecular complexity index is 1950. The standard InChI is InChI=1S/C27H22FN7O2S/c1-15-3-6-29-13-21(15)22-12-20-23(14-31-22)34-35-25(20)27-32-24-19(4-7-30-26(24)33-27)17-9-16(10-18(28)11-17)5-8-38(2,36)37/h3-4,6-7,9-14H,5,8H2,1-2H3,(H,34,35)(H,30,32,33). The third-order valence-electron chi connectivity index (χ3n) is 6.41. The van der Waals surface area contributed by atoms with Gasteiger partial charge in [-0.2, -0.15) is 5.10 Å². The molecule has 0 amide bonds. The summed E-state index contributed by atoms with van der Waals surface area (Å²) in [6, 6.07) is 10.2. The van der Waals surface area contributed by atoms with E-state index in [1.165, 1.54) is 18.4 Å². The summed E-state index contributed by atoms with van der Waals surface area (Å²) in [5.41, 5.74) is 7.06. The largest absolute Gasteiger partial charge is 0.335 e. The van der Waals surface area contributed by atoms with E-state index in [4.69, 9.17) is 0 Å². The lowest BCUT2D eigenvalue weighted by atomic mass is 10.0. The molecule has 38 heavy (non-hydrogen) atoms. The van der Waals surface area contributed by atoms with Crippen LogP contribution in [-0.2, 0) is 16.3 Å². The first-order valence-electron chi connectivity index (χ1n) is 11.8. The highest BCUT2D eigenvalue weighted by atomic mass is 32.2. The maximum Gasteiger partial charge on any atom is 0.178 e. The number of imidazole rings is 1. The van der Waals surface area contributed by atoms with Gasteiger partial charge >= 0.3 is 0 Å². The zero-order valence-corrected chi connectivity index (χ0v) is 21.3. The molecule has 0 aliphatic rings. The number of nitrogens with zero attached hydrogens (tertiary/aromatic N) is 5. The topological polar surface area (TPSA) is 130 Å². The van der Waals surface area contributed by atoms with E-state index in [1.54, 1.807) is 36.9 Å². The van der Waals surface area contributed by atoms with Crippen LogP contribution in [0.5, 0.6) is 0 Å². The van der Waals surface area contributed by atoms with Gasteiger partial charge in [0.2, 0.25) is 0 Å². The highest BCUT2D eigenvalue weighted by molar-refractivity contribution is 7.90. The van der Waals surface area contributed by atoms with Crippen LogP contribution in [0.3, 0.4) is 0 Å². The molecule has 190 valence electrons. The average molecular weight is 528 g/mol. The predicted octanol–water partition coefficient (Wildman–Crippen LogP) is 4.66. The molecule has 0 spiro atoms. The van der Waals surface area contributed by atoms with Crippen LogP contribution in [0.4, 0.5) is 4.39 Å². The summed E-state index contributed by atoms with van der Waals surface area (Å²) in [5, 5.41) is 8.31. The van der Waals surface area contributed by atoms with Gasteiger partial charge in [0.25, 0.3) is 0 Å². The molecule has 0 radical (unpaired) electrons. The number of aromatic amines is 2. The molecular formula is C27H22FN7O2S. The van der Waals surface area contributed by atoms with Crippen LogP contribution in [0.1, 0.15) is 11.1 Å². The number of hydrogen-bond donors (Lipinski definition) is 2. The van der Waals surface area contributed by atoms with Gasteiger partial charge in [-0.3, -0.25) is 15.1 Å². The summed E-state index contributed by atoms with van der Waals surface area (Å²) in [7, 11) is -3.18. The number of aromatic nitrogens is 7. The summed E-state index contributed by atoms with van der Waals surface area (Å²) in [6.07, 6.45) is 8.25. The van der Waals surface area contributed by atoms with Crippen molar-refractivity contribution in [1.29, 1.82) is 0 Å². The van der Waals surface area contributed by atoms with Crippen LogP contribution in [0, 0.1) is 12.7 Å². The molecule has 6 rings (SSSR count). The van der Waals surface area contributed by atoms with E-state index in [0.29, 0.717) is 39.4 Å². The molecule has 0 atom stereocenters. The third kappa shape index (κ3) is 4.52. The molecule has 0 saturated heterocycles. The second-order valence-electron chi connectivity index (χ2n) is 9.25. The summed E-state index contributed by atoms with van der Waals surface area (Å²) >= 11 is 0. The van der Waals surface area contributed by atoms with Gasteiger partial charge in [0.1, 0.15) is 21.3 Å². The lowest BCUT2D eigenvalue weighted by Gasteiger charge is -2.07. The van der Waals surface area contributed by atoms with Crippen molar-refractivity contribution in [3.05, 3.63) is 78.1 Å². The fourth-order valence-corrected chi connectivity index (χ4v) is 5.10. The van der Waals surface area contributed by atoms with Gasteiger partial charge in [-0.05, 0) is 60.4 Å². The fourth-order valence-electron chi connectivity index (χ4n) is 4.49. The van der Waals surface area contributed by atoms with Crippen molar-refractivity contribution in [2.45, 2.75) is 13.3 Å². The Kier molecular flexibility index (Phi) is 5.72. The smallest absolute Gasteiger partial charge is 0.178 e. The number of hydrogen-bond acceptors (Lipinski definition) is 7. The van der Waals surface area contributed by atoms with Gasteiger partial charge in [-0.1, -0.05) is 6.07 Å². The molecule has 9 nitrogen and oxygen atoms in total. The summed E-state index contributed by atoms with van der Waals surface area (Å²) in [5.74, 6) is -0.00277. The lowest BCUT2D eigenvalue weighted by molar-refractivity contribution is 0.600. The van der Waals surface area contributed by atoms with E-state index in [-0.39, 0.29) is 12.2 Å². The summed E-state index contributed by atoms with van der Waals surface area (Å²) in [4.78, 5) is 21.2. The number of rotatable bonds is 6. The molecule has 6 aromatic rings. The van der Waals surface area contributed by atoms with E-state index in [0.717, 1.165) is 27.7 Å². The monoisotopic (exact) mass is 527 g/mol. The van der Waals surface area contributed by atoms with Crippen LogP contribution < -0.4 is 0 Å². The fraction of sp³-hybridized carbons (Fsp3) is 0.148. The second-order valence-corrected chi connectivity index (χ2v) is 11.5. The van der Waals surface area contributed by atoms with E-state index in [9.17, 15) is 12.8 Å². The normalized spacial score (nSPS) is 12.0. The van der Waals surface area contributed by atoms with Crippen LogP contribution >= 0.6 is 0 Å². The van der Waals surface area contributed by atoms with E-state index in [1.807, 2.05) is 19.1 Å². The van der Waals surface area contributed by atoms with E-state index < -0.39 is 15.7 Å². The number of pyridine rings is 3. The van der Waals surface area contributed by atoms with Crippen molar-refractivity contribution in [1.82, 2.24) is 35.1 Å². The first-order chi connectivity index (χ1) is 18.2. The number of fused-ring (bicyclic) bond motifs is 2. The second kappa shape index (κ2) is 9.10. The Morgan fingerprint density at radius 3 is 2.68 bits per heavy atom. The highest BCUT2D eigenvalue weighted by Gasteiger charge is 2.18. The predicted molar refractivity (Wildman–Crippen MR) is 144 cm³/mol. The Labute approximate surface area is 217 Å². The molecule has 5 aromatic heterocycles. The van der Waals surface area contributed by atoms with Crippen LogP contribution in [0.15, 0.2) is 61.2 Å². The summed E-state index contributed by atoms with van der Waals surface area (Å²) in [6.45, 7) is 2.00. The maximum absolute atomic E-state index is 14.5. The minimum atomic E-state index is -3.18. The Hall–Kier alpha value is -4.51. The molecule has 2 N–H and O–H groups in total. The van der Waals surface area contributed by atoms with Crippen molar-refractivity contribution in [3.63, 3.8) is 0 Å². The van der Waals surface area contributed by atoms with Gasteiger partial charge in [-0.25, -0.2) is 22.8 Å². The molecule has 0 unspecified atom stereocenters. The van der Waals surface area contributed by atoms with Crippen molar-refractivity contribution in [2.75, 3.05) is 12.0 Å². The third-order valence-corrected chi connectivity index (χ3v) is 7.35. The SMILES string of the molecule is Cc1ccncc1-c1cc2c(-c3nc4nccc(-c5cc(F)cc(CCS(C)(=O)=O)c5)c4[nH]3)n[nH]c2cn1. The molecule has 11 heteroatoms. The molecule has 5 heterocycles. The molecule has 0 fully saturated rings. The van der Waals surface area contributed by atoms with Gasteiger partial charge in [0.05, 0.1) is 28.7 Å². The van der Waals surface area contributed by atoms with Crippen LogP contribution in [0.2, 0.25) is 0 Å². The van der Waals surface area contributed by atoms with Crippen molar-refractivity contribution in [3.8, 4) is 33.9 Å². The maximum atomic E-state index is 14.5. The molecular weight excluding hydrogens is 505 g/mol. The van der Waals surface area contributed by atoms with Gasteiger partial charge in [0, 0.05) is 41.4 Å². The van der Waals surface area contributed by atoms with Crippen LogP contribution in [-0.4, -0.2) is 55.5 Å². The summed E-state index contributed by atoms with van der Waals surface area (Å²) < 4.78 is 37.8. The minimum absolute atomic E-state index is 0.0580. The number of H-pyrrole nitrogens is 2. The number of nitrogens with one attached hydrogen (secondary N) is 2. The molecule has 0 aliphatic heterocycles. The van der Waals surface area contributed by atoms with Gasteiger partial charge in [-0.15, -0.1) is 0 Å². The quantitative estimate of drug-likeness (QED) is 0.322. The van der Waals surface area contributed by atoms with Gasteiger partial charge in [0.15, 0.2) is 11.5 Å². The number of halogens is 1. The zero-order valence-electron chi connectivity index (χ0n) is 20.5. The van der Waals surface area contributed by atoms with E-state index in [2.05, 4.69) is 35.1 Å². The Morgan fingerprint density at radius 1 is 1.00 bits per heavy atom. The van der Waals surface area contributed by atoms with E-state index >= 15 is 0 Å². The molecule has 1 aromatic carbocycles. The average Bonchev–Trinajstić information content (AvgIpc) is 3.50. The molecule has 0 bridgehead atoms. The molecule has 0 aliphatic carbocycles. The van der Waals surface area contributed by atoms with Crippen molar-refractivity contribution >= 4 is 31.9 Å². The van der Waals surface area contributed by atoms with Gasteiger partial charge < -0.3 is 4.98 Å². The first kappa shape index (κ1) is 23.9.